The van der Waals surface area contributed by atoms with Crippen LogP contribution in [-0.2, 0) is 6.54 Å². The van der Waals surface area contributed by atoms with Crippen LogP contribution >= 0.6 is 0 Å². The van der Waals surface area contributed by atoms with Gasteiger partial charge in [0.2, 0.25) is 5.43 Å². The minimum absolute atomic E-state index is 0.0337. The molecule has 2 aromatic rings. The second kappa shape index (κ2) is 4.31. The van der Waals surface area contributed by atoms with Crippen molar-refractivity contribution in [2.24, 2.45) is 0 Å². The molecule has 0 amide bonds. The number of benzene rings is 1. The molecular formula is C13H14N2O. The van der Waals surface area contributed by atoms with Gasteiger partial charge < -0.3 is 0 Å². The van der Waals surface area contributed by atoms with Crippen molar-refractivity contribution < 1.29 is 0 Å². The summed E-state index contributed by atoms with van der Waals surface area (Å²) >= 11 is 0. The van der Waals surface area contributed by atoms with Crippen LogP contribution in [0.1, 0.15) is 12.5 Å². The summed E-state index contributed by atoms with van der Waals surface area (Å²) in [6.45, 7) is 4.78. The zero-order chi connectivity index (χ0) is 11.5. The molecular weight excluding hydrogens is 200 g/mol. The van der Waals surface area contributed by atoms with Crippen molar-refractivity contribution in [1.29, 1.82) is 0 Å². The number of hydrogen-bond acceptors (Lipinski definition) is 2. The van der Waals surface area contributed by atoms with E-state index in [1.54, 1.807) is 16.9 Å². The third-order valence-corrected chi connectivity index (χ3v) is 2.51. The Balaban J connectivity index is 2.54. The Kier molecular flexibility index (Phi) is 2.86. The lowest BCUT2D eigenvalue weighted by atomic mass is 10.1. The Morgan fingerprint density at radius 3 is 2.50 bits per heavy atom. The van der Waals surface area contributed by atoms with Crippen molar-refractivity contribution in [2.75, 3.05) is 0 Å². The van der Waals surface area contributed by atoms with E-state index in [1.807, 2.05) is 38.1 Å². The predicted octanol–water partition coefficient (Wildman–Crippen LogP) is 2.24. The summed E-state index contributed by atoms with van der Waals surface area (Å²) in [6, 6.07) is 9.39. The van der Waals surface area contributed by atoms with E-state index >= 15 is 0 Å². The number of aryl methyl sites for hydroxylation is 2. The minimum atomic E-state index is -0.0337. The van der Waals surface area contributed by atoms with E-state index in [-0.39, 0.29) is 5.43 Å². The second-order valence-electron chi connectivity index (χ2n) is 3.75. The van der Waals surface area contributed by atoms with Gasteiger partial charge in [0.1, 0.15) is 5.69 Å². The summed E-state index contributed by atoms with van der Waals surface area (Å²) in [5.74, 6) is 0. The van der Waals surface area contributed by atoms with E-state index in [2.05, 4.69) is 5.10 Å². The van der Waals surface area contributed by atoms with Crippen molar-refractivity contribution in [3.8, 4) is 11.3 Å². The summed E-state index contributed by atoms with van der Waals surface area (Å²) < 4.78 is 1.76. The topological polar surface area (TPSA) is 34.9 Å². The van der Waals surface area contributed by atoms with Gasteiger partial charge in [-0.3, -0.25) is 9.48 Å². The first-order valence-corrected chi connectivity index (χ1v) is 5.35. The molecule has 16 heavy (non-hydrogen) atoms. The Hall–Kier alpha value is -1.90. The number of rotatable bonds is 2. The molecule has 0 radical (unpaired) electrons. The summed E-state index contributed by atoms with van der Waals surface area (Å²) in [4.78, 5) is 11.7. The smallest absolute Gasteiger partial charge is 0.208 e. The quantitative estimate of drug-likeness (QED) is 0.768. The first kappa shape index (κ1) is 10.6. The van der Waals surface area contributed by atoms with Gasteiger partial charge in [-0.25, -0.2) is 0 Å². The summed E-state index contributed by atoms with van der Waals surface area (Å²) in [5, 5.41) is 4.29. The van der Waals surface area contributed by atoms with Crippen molar-refractivity contribution >= 4 is 0 Å². The molecule has 0 atom stereocenters. The van der Waals surface area contributed by atoms with Gasteiger partial charge in [-0.2, -0.15) is 5.10 Å². The molecule has 1 heterocycles. The molecule has 0 aliphatic rings. The number of hydrogen-bond donors (Lipinski definition) is 0. The van der Waals surface area contributed by atoms with Gasteiger partial charge >= 0.3 is 0 Å². The first-order chi connectivity index (χ1) is 7.70. The van der Waals surface area contributed by atoms with Crippen LogP contribution in [0.25, 0.3) is 11.3 Å². The minimum Gasteiger partial charge on any atom is -0.287 e. The second-order valence-corrected chi connectivity index (χ2v) is 3.75. The Bertz CT molecular complexity index is 541. The molecule has 0 fully saturated rings. The highest BCUT2D eigenvalue weighted by Crippen LogP contribution is 2.13. The van der Waals surface area contributed by atoms with Crippen LogP contribution in [0.5, 0.6) is 0 Å². The molecule has 0 saturated heterocycles. The highest BCUT2D eigenvalue weighted by Gasteiger charge is 2.04. The molecule has 0 spiro atoms. The van der Waals surface area contributed by atoms with Crippen molar-refractivity contribution in [2.45, 2.75) is 20.4 Å². The van der Waals surface area contributed by atoms with E-state index in [0.717, 1.165) is 12.1 Å². The maximum Gasteiger partial charge on any atom is 0.208 e. The molecule has 0 aliphatic carbocycles. The van der Waals surface area contributed by atoms with Crippen LogP contribution in [0.2, 0.25) is 0 Å². The SMILES string of the molecule is CCn1ccc(=O)c(-c2ccc(C)cc2)n1. The van der Waals surface area contributed by atoms with Gasteiger partial charge in [0.25, 0.3) is 0 Å². The fraction of sp³-hybridized carbons (Fsp3) is 0.231. The van der Waals surface area contributed by atoms with Gasteiger partial charge in [-0.1, -0.05) is 29.8 Å². The Morgan fingerprint density at radius 1 is 1.19 bits per heavy atom. The normalized spacial score (nSPS) is 10.4. The van der Waals surface area contributed by atoms with E-state index in [0.29, 0.717) is 5.69 Å². The monoisotopic (exact) mass is 214 g/mol. The molecule has 0 unspecified atom stereocenters. The molecule has 82 valence electrons. The summed E-state index contributed by atoms with van der Waals surface area (Å²) in [6.07, 6.45) is 1.71. The number of aromatic nitrogens is 2. The van der Waals surface area contributed by atoms with Crippen molar-refractivity contribution in [3.05, 3.63) is 52.3 Å². The maximum atomic E-state index is 11.7. The lowest BCUT2D eigenvalue weighted by molar-refractivity contribution is 0.641. The van der Waals surface area contributed by atoms with Gasteiger partial charge in [0, 0.05) is 24.4 Å². The molecule has 1 aromatic heterocycles. The van der Waals surface area contributed by atoms with E-state index in [4.69, 9.17) is 0 Å². The molecule has 2 rings (SSSR count). The number of nitrogens with zero attached hydrogens (tertiary/aromatic N) is 2. The third-order valence-electron chi connectivity index (χ3n) is 2.51. The molecule has 1 aromatic carbocycles. The van der Waals surface area contributed by atoms with E-state index in [9.17, 15) is 4.79 Å². The van der Waals surface area contributed by atoms with Crippen LogP contribution in [0.3, 0.4) is 0 Å². The highest BCUT2D eigenvalue weighted by molar-refractivity contribution is 5.58. The molecule has 0 saturated carbocycles. The average molecular weight is 214 g/mol. The van der Waals surface area contributed by atoms with Gasteiger partial charge in [-0.05, 0) is 13.8 Å². The molecule has 0 N–H and O–H groups in total. The summed E-state index contributed by atoms with van der Waals surface area (Å²) in [7, 11) is 0. The third kappa shape index (κ3) is 2.03. The zero-order valence-electron chi connectivity index (χ0n) is 9.47. The lowest BCUT2D eigenvalue weighted by Gasteiger charge is -2.04. The fourth-order valence-corrected chi connectivity index (χ4v) is 1.53. The average Bonchev–Trinajstić information content (AvgIpc) is 2.31. The molecule has 0 bridgehead atoms. The maximum absolute atomic E-state index is 11.7. The van der Waals surface area contributed by atoms with Crippen molar-refractivity contribution in [3.63, 3.8) is 0 Å². The Labute approximate surface area is 94.4 Å². The van der Waals surface area contributed by atoms with Crippen LogP contribution in [0.4, 0.5) is 0 Å². The molecule has 3 nitrogen and oxygen atoms in total. The van der Waals surface area contributed by atoms with Crippen molar-refractivity contribution in [1.82, 2.24) is 9.78 Å². The van der Waals surface area contributed by atoms with Crippen LogP contribution in [-0.4, -0.2) is 9.78 Å². The molecule has 3 heteroatoms. The standard InChI is InChI=1S/C13H14N2O/c1-3-15-9-8-12(16)13(14-15)11-6-4-10(2)5-7-11/h4-9H,3H2,1-2H3. The first-order valence-electron chi connectivity index (χ1n) is 5.35. The lowest BCUT2D eigenvalue weighted by Crippen LogP contribution is -2.12. The largest absolute Gasteiger partial charge is 0.287 e. The Morgan fingerprint density at radius 2 is 1.88 bits per heavy atom. The van der Waals surface area contributed by atoms with Crippen LogP contribution in [0, 0.1) is 6.92 Å². The van der Waals surface area contributed by atoms with Gasteiger partial charge in [-0.15, -0.1) is 0 Å². The van der Waals surface area contributed by atoms with Gasteiger partial charge in [0.15, 0.2) is 0 Å². The fourth-order valence-electron chi connectivity index (χ4n) is 1.53. The summed E-state index contributed by atoms with van der Waals surface area (Å²) in [5.41, 5.74) is 2.53. The van der Waals surface area contributed by atoms with Crippen LogP contribution in [0.15, 0.2) is 41.3 Å². The van der Waals surface area contributed by atoms with E-state index < -0.39 is 0 Å². The van der Waals surface area contributed by atoms with Gasteiger partial charge in [0.05, 0.1) is 0 Å². The zero-order valence-corrected chi connectivity index (χ0v) is 9.47. The predicted molar refractivity (Wildman–Crippen MR) is 64.3 cm³/mol. The van der Waals surface area contributed by atoms with E-state index in [1.165, 1.54) is 5.56 Å². The highest BCUT2D eigenvalue weighted by atomic mass is 16.1. The molecule has 0 aliphatic heterocycles. The van der Waals surface area contributed by atoms with Crippen LogP contribution < -0.4 is 5.43 Å².